The van der Waals surface area contributed by atoms with Crippen LogP contribution in [0.3, 0.4) is 0 Å². The van der Waals surface area contributed by atoms with E-state index in [0.717, 1.165) is 10.9 Å². The molecule has 33 heavy (non-hydrogen) atoms. The second-order valence-electron chi connectivity index (χ2n) is 7.28. The number of benzene rings is 2. The molecule has 0 saturated heterocycles. The number of carbonyl (C=O) groups is 2. The molecule has 2 amide bonds. The molecule has 8 nitrogen and oxygen atoms in total. The van der Waals surface area contributed by atoms with E-state index in [1.807, 2.05) is 30.3 Å². The highest BCUT2D eigenvalue weighted by molar-refractivity contribution is 7.14. The van der Waals surface area contributed by atoms with Crippen molar-refractivity contribution < 1.29 is 18.5 Å². The third-order valence-electron chi connectivity index (χ3n) is 4.92. The molecular weight excluding hydrogens is 440 g/mol. The van der Waals surface area contributed by atoms with E-state index in [1.165, 1.54) is 18.3 Å². The number of hydrogen-bond acceptors (Lipinski definition) is 7. The van der Waals surface area contributed by atoms with Crippen LogP contribution < -0.4 is 10.6 Å². The van der Waals surface area contributed by atoms with Gasteiger partial charge in [-0.15, -0.1) is 11.3 Å². The van der Waals surface area contributed by atoms with Crippen molar-refractivity contribution in [1.82, 2.24) is 15.5 Å². The zero-order valence-electron chi connectivity index (χ0n) is 17.5. The number of amides is 2. The average molecular weight is 458 g/mol. The summed E-state index contributed by atoms with van der Waals surface area (Å²) >= 11 is 1.30. The van der Waals surface area contributed by atoms with Gasteiger partial charge in [0.15, 0.2) is 16.7 Å². The fraction of sp³-hybridized carbons (Fsp3) is 0.0833. The Hall–Kier alpha value is -4.24. The third-order valence-corrected chi connectivity index (χ3v) is 5.68. The molecule has 0 atom stereocenters. The number of rotatable bonds is 6. The van der Waals surface area contributed by atoms with Crippen molar-refractivity contribution in [2.24, 2.45) is 0 Å². The molecular formula is C24H18N4O4S. The van der Waals surface area contributed by atoms with Gasteiger partial charge < -0.3 is 14.3 Å². The first kappa shape index (κ1) is 20.7. The predicted octanol–water partition coefficient (Wildman–Crippen LogP) is 5.10. The van der Waals surface area contributed by atoms with Crippen LogP contribution in [0.25, 0.3) is 33.7 Å². The molecule has 0 aliphatic rings. The van der Waals surface area contributed by atoms with Crippen LogP contribution in [0.15, 0.2) is 75.0 Å². The van der Waals surface area contributed by atoms with Crippen molar-refractivity contribution in [2.45, 2.75) is 13.5 Å². The fourth-order valence-corrected chi connectivity index (χ4v) is 4.01. The van der Waals surface area contributed by atoms with E-state index < -0.39 is 0 Å². The number of anilines is 1. The van der Waals surface area contributed by atoms with Crippen LogP contribution in [-0.4, -0.2) is 22.0 Å². The monoisotopic (exact) mass is 458 g/mol. The predicted molar refractivity (Wildman–Crippen MR) is 125 cm³/mol. The summed E-state index contributed by atoms with van der Waals surface area (Å²) in [6.07, 6.45) is 0. The maximum atomic E-state index is 12.9. The molecule has 5 rings (SSSR count). The van der Waals surface area contributed by atoms with Crippen LogP contribution in [0.2, 0.25) is 0 Å². The Morgan fingerprint density at radius 3 is 2.73 bits per heavy atom. The van der Waals surface area contributed by atoms with E-state index >= 15 is 0 Å². The van der Waals surface area contributed by atoms with Gasteiger partial charge in [0.1, 0.15) is 17.0 Å². The maximum Gasteiger partial charge on any atom is 0.257 e. The Morgan fingerprint density at radius 1 is 1.06 bits per heavy atom. The fourth-order valence-electron chi connectivity index (χ4n) is 3.32. The second kappa shape index (κ2) is 8.71. The van der Waals surface area contributed by atoms with Crippen molar-refractivity contribution in [2.75, 3.05) is 5.32 Å². The Kier molecular flexibility index (Phi) is 5.45. The number of aromatic nitrogens is 2. The molecule has 0 saturated carbocycles. The minimum atomic E-state index is -0.288. The van der Waals surface area contributed by atoms with Crippen molar-refractivity contribution in [3.63, 3.8) is 0 Å². The summed E-state index contributed by atoms with van der Waals surface area (Å²) in [6, 6.07) is 18.4. The number of hydrogen-bond donors (Lipinski definition) is 2. The topological polar surface area (TPSA) is 110 Å². The SMILES string of the molecule is CC(=O)NCc1ccc(-c2csc(NC(=O)c3ccc4noc(-c5ccccc5)c4c3)n2)o1. The molecule has 0 spiro atoms. The van der Waals surface area contributed by atoms with Crippen molar-refractivity contribution in [3.8, 4) is 22.8 Å². The summed E-state index contributed by atoms with van der Waals surface area (Å²) in [6.45, 7) is 1.75. The number of nitrogens with one attached hydrogen (secondary N) is 2. The van der Waals surface area contributed by atoms with Gasteiger partial charge in [0, 0.05) is 23.4 Å². The maximum absolute atomic E-state index is 12.9. The summed E-state index contributed by atoms with van der Waals surface area (Å²) in [5.74, 6) is 1.38. The molecule has 164 valence electrons. The van der Waals surface area contributed by atoms with Crippen LogP contribution in [0, 0.1) is 0 Å². The highest BCUT2D eigenvalue weighted by atomic mass is 32.1. The largest absolute Gasteiger partial charge is 0.458 e. The van der Waals surface area contributed by atoms with Gasteiger partial charge >= 0.3 is 0 Å². The standard InChI is InChI=1S/C24H18N4O4S/c1-14(29)25-12-17-8-10-21(31-17)20-13-33-24(26-20)27-23(30)16-7-9-19-18(11-16)22(32-28-19)15-5-3-2-4-6-15/h2-11,13H,12H2,1H3,(H,25,29)(H,26,27,30). The Bertz CT molecular complexity index is 1450. The zero-order valence-corrected chi connectivity index (χ0v) is 18.3. The van der Waals surface area contributed by atoms with Gasteiger partial charge in [-0.2, -0.15) is 0 Å². The summed E-state index contributed by atoms with van der Waals surface area (Å²) in [5, 5.41) is 12.6. The molecule has 3 heterocycles. The normalized spacial score (nSPS) is 10.9. The van der Waals surface area contributed by atoms with E-state index in [0.29, 0.717) is 45.7 Å². The second-order valence-corrected chi connectivity index (χ2v) is 8.14. The summed E-state index contributed by atoms with van der Waals surface area (Å²) in [5.41, 5.74) is 2.63. The molecule has 3 aromatic heterocycles. The van der Waals surface area contributed by atoms with E-state index in [-0.39, 0.29) is 11.8 Å². The highest BCUT2D eigenvalue weighted by Crippen LogP contribution is 2.30. The molecule has 0 bridgehead atoms. The van der Waals surface area contributed by atoms with Gasteiger partial charge in [-0.05, 0) is 30.3 Å². The van der Waals surface area contributed by atoms with Gasteiger partial charge in [0.25, 0.3) is 5.91 Å². The molecule has 2 aromatic carbocycles. The lowest BCUT2D eigenvalue weighted by Gasteiger charge is -2.02. The quantitative estimate of drug-likeness (QED) is 0.366. The molecule has 2 N–H and O–H groups in total. The van der Waals surface area contributed by atoms with E-state index in [1.54, 1.807) is 35.7 Å². The van der Waals surface area contributed by atoms with Gasteiger partial charge in [0.05, 0.1) is 11.9 Å². The number of fused-ring (bicyclic) bond motifs is 1. The lowest BCUT2D eigenvalue weighted by Crippen LogP contribution is -2.18. The lowest BCUT2D eigenvalue weighted by molar-refractivity contribution is -0.119. The summed E-state index contributed by atoms with van der Waals surface area (Å²) in [7, 11) is 0. The zero-order chi connectivity index (χ0) is 22.8. The Balaban J connectivity index is 1.33. The van der Waals surface area contributed by atoms with Crippen molar-refractivity contribution in [3.05, 3.63) is 77.4 Å². The minimum absolute atomic E-state index is 0.133. The van der Waals surface area contributed by atoms with Gasteiger partial charge in [-0.1, -0.05) is 35.5 Å². The minimum Gasteiger partial charge on any atom is -0.458 e. The Morgan fingerprint density at radius 2 is 1.91 bits per heavy atom. The van der Waals surface area contributed by atoms with Gasteiger partial charge in [0.2, 0.25) is 5.91 Å². The van der Waals surface area contributed by atoms with Crippen LogP contribution in [0.4, 0.5) is 5.13 Å². The first-order chi connectivity index (χ1) is 16.1. The van der Waals surface area contributed by atoms with Gasteiger partial charge in [-0.25, -0.2) is 4.98 Å². The number of furan rings is 1. The lowest BCUT2D eigenvalue weighted by atomic mass is 10.1. The van der Waals surface area contributed by atoms with Crippen molar-refractivity contribution >= 4 is 39.2 Å². The average Bonchev–Trinajstić information content (AvgIpc) is 3.57. The molecule has 0 aliphatic heterocycles. The summed E-state index contributed by atoms with van der Waals surface area (Å²) in [4.78, 5) is 28.4. The van der Waals surface area contributed by atoms with Crippen LogP contribution in [0.5, 0.6) is 0 Å². The molecule has 0 fully saturated rings. The van der Waals surface area contributed by atoms with E-state index in [9.17, 15) is 9.59 Å². The van der Waals surface area contributed by atoms with E-state index in [2.05, 4.69) is 20.8 Å². The molecule has 9 heteroatoms. The first-order valence-corrected chi connectivity index (χ1v) is 11.0. The Labute approximate surface area is 192 Å². The molecule has 0 radical (unpaired) electrons. The van der Waals surface area contributed by atoms with Crippen molar-refractivity contribution in [1.29, 1.82) is 0 Å². The summed E-state index contributed by atoms with van der Waals surface area (Å²) < 4.78 is 11.2. The number of nitrogens with zero attached hydrogens (tertiary/aromatic N) is 2. The number of carbonyl (C=O) groups excluding carboxylic acids is 2. The van der Waals surface area contributed by atoms with Crippen LogP contribution in [-0.2, 0) is 11.3 Å². The molecule has 0 unspecified atom stereocenters. The van der Waals surface area contributed by atoms with Crippen LogP contribution in [0.1, 0.15) is 23.0 Å². The third kappa shape index (κ3) is 4.39. The number of thiazole rings is 1. The first-order valence-electron chi connectivity index (χ1n) is 10.1. The molecule has 0 aliphatic carbocycles. The van der Waals surface area contributed by atoms with Crippen LogP contribution >= 0.6 is 11.3 Å². The smallest absolute Gasteiger partial charge is 0.257 e. The van der Waals surface area contributed by atoms with E-state index in [4.69, 9.17) is 8.94 Å². The van der Waals surface area contributed by atoms with Gasteiger partial charge in [-0.3, -0.25) is 14.9 Å². The molecule has 5 aromatic rings. The highest BCUT2D eigenvalue weighted by Gasteiger charge is 2.16.